The first-order chi connectivity index (χ1) is 10.2. The standard InChI is InChI=1S/C17H12O4/c1-20-17(19)14-9-12(11-5-3-2-4-6-11)10-15-13(14)7-8-16(18)21-15/h2-10H,1H3. The van der Waals surface area contributed by atoms with E-state index in [0.717, 1.165) is 11.1 Å². The van der Waals surface area contributed by atoms with Crippen LogP contribution in [0, 0.1) is 0 Å². The molecule has 2 aromatic carbocycles. The maximum absolute atomic E-state index is 12.0. The normalized spacial score (nSPS) is 10.5. The van der Waals surface area contributed by atoms with Gasteiger partial charge in [-0.2, -0.15) is 0 Å². The predicted octanol–water partition coefficient (Wildman–Crippen LogP) is 3.25. The minimum atomic E-state index is -0.466. The lowest BCUT2D eigenvalue weighted by Crippen LogP contribution is -2.04. The van der Waals surface area contributed by atoms with Gasteiger partial charge >= 0.3 is 11.6 Å². The van der Waals surface area contributed by atoms with Gasteiger partial charge in [-0.3, -0.25) is 0 Å². The van der Waals surface area contributed by atoms with Crippen LogP contribution in [0.15, 0.2) is 63.8 Å². The zero-order chi connectivity index (χ0) is 14.8. The largest absolute Gasteiger partial charge is 0.465 e. The summed E-state index contributed by atoms with van der Waals surface area (Å²) in [5.41, 5.74) is 2.00. The summed E-state index contributed by atoms with van der Waals surface area (Å²) in [4.78, 5) is 23.4. The summed E-state index contributed by atoms with van der Waals surface area (Å²) in [6.45, 7) is 0. The summed E-state index contributed by atoms with van der Waals surface area (Å²) < 4.78 is 10.0. The Balaban J connectivity index is 2.33. The number of fused-ring (bicyclic) bond motifs is 1. The van der Waals surface area contributed by atoms with Gasteiger partial charge in [-0.25, -0.2) is 9.59 Å². The smallest absolute Gasteiger partial charge is 0.338 e. The molecule has 1 heterocycles. The molecule has 0 N–H and O–H groups in total. The molecule has 0 saturated heterocycles. The zero-order valence-electron chi connectivity index (χ0n) is 11.3. The van der Waals surface area contributed by atoms with E-state index in [9.17, 15) is 9.59 Å². The first-order valence-corrected chi connectivity index (χ1v) is 6.40. The van der Waals surface area contributed by atoms with Crippen LogP contribution in [0.2, 0.25) is 0 Å². The van der Waals surface area contributed by atoms with E-state index >= 15 is 0 Å². The van der Waals surface area contributed by atoms with Crippen LogP contribution < -0.4 is 5.63 Å². The Morgan fingerprint density at radius 3 is 2.48 bits per heavy atom. The quantitative estimate of drug-likeness (QED) is 0.534. The Labute approximate surface area is 120 Å². The lowest BCUT2D eigenvalue weighted by Gasteiger charge is -2.08. The van der Waals surface area contributed by atoms with Crippen molar-refractivity contribution in [2.75, 3.05) is 7.11 Å². The van der Waals surface area contributed by atoms with Crippen LogP contribution >= 0.6 is 0 Å². The van der Waals surface area contributed by atoms with Crippen LogP contribution in [0.4, 0.5) is 0 Å². The van der Waals surface area contributed by atoms with E-state index in [1.165, 1.54) is 13.2 Å². The van der Waals surface area contributed by atoms with Crippen LogP contribution in [0.25, 0.3) is 22.1 Å². The molecular formula is C17H12O4. The van der Waals surface area contributed by atoms with Gasteiger partial charge < -0.3 is 9.15 Å². The highest BCUT2D eigenvalue weighted by Crippen LogP contribution is 2.27. The van der Waals surface area contributed by atoms with E-state index in [2.05, 4.69) is 0 Å². The molecule has 21 heavy (non-hydrogen) atoms. The van der Waals surface area contributed by atoms with Crippen molar-refractivity contribution >= 4 is 16.9 Å². The van der Waals surface area contributed by atoms with Gasteiger partial charge in [0, 0.05) is 11.5 Å². The van der Waals surface area contributed by atoms with E-state index in [1.807, 2.05) is 30.3 Å². The van der Waals surface area contributed by atoms with Gasteiger partial charge in [-0.1, -0.05) is 30.3 Å². The number of hydrogen-bond acceptors (Lipinski definition) is 4. The second kappa shape index (κ2) is 5.25. The monoisotopic (exact) mass is 280 g/mol. The van der Waals surface area contributed by atoms with Crippen molar-refractivity contribution in [2.24, 2.45) is 0 Å². The van der Waals surface area contributed by atoms with Gasteiger partial charge in [-0.05, 0) is 29.3 Å². The molecular weight excluding hydrogens is 268 g/mol. The highest BCUT2D eigenvalue weighted by Gasteiger charge is 2.14. The molecule has 0 aliphatic carbocycles. The first-order valence-electron chi connectivity index (χ1n) is 6.40. The Bertz CT molecular complexity index is 863. The summed E-state index contributed by atoms with van der Waals surface area (Å²) in [5.74, 6) is -0.466. The average molecular weight is 280 g/mol. The second-order valence-electron chi connectivity index (χ2n) is 4.55. The Hall–Kier alpha value is -2.88. The summed E-state index contributed by atoms with van der Waals surface area (Å²) in [5, 5.41) is 0.557. The van der Waals surface area contributed by atoms with Crippen LogP contribution in [-0.4, -0.2) is 13.1 Å². The minimum absolute atomic E-state index is 0.365. The van der Waals surface area contributed by atoms with Crippen LogP contribution in [0.1, 0.15) is 10.4 Å². The Morgan fingerprint density at radius 2 is 1.76 bits per heavy atom. The topological polar surface area (TPSA) is 56.5 Å². The number of hydrogen-bond donors (Lipinski definition) is 0. The van der Waals surface area contributed by atoms with E-state index < -0.39 is 11.6 Å². The third kappa shape index (κ3) is 2.43. The first kappa shape index (κ1) is 13.1. The number of methoxy groups -OCH3 is 1. The summed E-state index contributed by atoms with van der Waals surface area (Å²) in [6.07, 6.45) is 0. The molecule has 3 aromatic rings. The lowest BCUT2D eigenvalue weighted by molar-refractivity contribution is 0.0603. The molecule has 4 nitrogen and oxygen atoms in total. The molecule has 104 valence electrons. The molecule has 0 fully saturated rings. The van der Waals surface area contributed by atoms with Gasteiger partial charge in [0.05, 0.1) is 12.7 Å². The predicted molar refractivity (Wildman–Crippen MR) is 79.3 cm³/mol. The van der Waals surface area contributed by atoms with Crippen LogP contribution in [0.5, 0.6) is 0 Å². The molecule has 1 aromatic heterocycles. The third-order valence-corrected chi connectivity index (χ3v) is 3.25. The molecule has 0 amide bonds. The molecule has 0 unspecified atom stereocenters. The van der Waals surface area contributed by atoms with Crippen molar-refractivity contribution in [2.45, 2.75) is 0 Å². The van der Waals surface area contributed by atoms with Crippen molar-refractivity contribution in [3.63, 3.8) is 0 Å². The number of carbonyl (C=O) groups excluding carboxylic acids is 1. The van der Waals surface area contributed by atoms with E-state index in [-0.39, 0.29) is 0 Å². The molecule has 4 heteroatoms. The number of ether oxygens (including phenoxy) is 1. The van der Waals surface area contributed by atoms with E-state index in [4.69, 9.17) is 9.15 Å². The molecule has 0 aliphatic rings. The molecule has 0 bridgehead atoms. The summed E-state index contributed by atoms with van der Waals surface area (Å²) >= 11 is 0. The maximum Gasteiger partial charge on any atom is 0.338 e. The van der Waals surface area contributed by atoms with Crippen LogP contribution in [0.3, 0.4) is 0 Å². The third-order valence-electron chi connectivity index (χ3n) is 3.25. The Morgan fingerprint density at radius 1 is 1.00 bits per heavy atom. The van der Waals surface area contributed by atoms with Crippen molar-refractivity contribution in [3.05, 3.63) is 70.6 Å². The SMILES string of the molecule is COC(=O)c1cc(-c2ccccc2)cc2oc(=O)ccc12. The van der Waals surface area contributed by atoms with Gasteiger partial charge in [-0.15, -0.1) is 0 Å². The fraction of sp³-hybridized carbons (Fsp3) is 0.0588. The fourth-order valence-corrected chi connectivity index (χ4v) is 2.25. The Kier molecular flexibility index (Phi) is 3.28. The molecule has 3 rings (SSSR count). The summed E-state index contributed by atoms with van der Waals surface area (Å²) in [7, 11) is 1.32. The number of carbonyl (C=O) groups is 1. The van der Waals surface area contributed by atoms with Gasteiger partial charge in [0.15, 0.2) is 0 Å². The number of esters is 1. The lowest BCUT2D eigenvalue weighted by atomic mass is 10.00. The minimum Gasteiger partial charge on any atom is -0.465 e. The highest BCUT2D eigenvalue weighted by molar-refractivity contribution is 6.04. The molecule has 0 spiro atoms. The van der Waals surface area contributed by atoms with Gasteiger partial charge in [0.25, 0.3) is 0 Å². The fourth-order valence-electron chi connectivity index (χ4n) is 2.25. The van der Waals surface area contributed by atoms with Gasteiger partial charge in [0.1, 0.15) is 5.58 Å². The zero-order valence-corrected chi connectivity index (χ0v) is 11.3. The number of rotatable bonds is 2. The number of benzene rings is 2. The molecule has 0 radical (unpaired) electrons. The average Bonchev–Trinajstić information content (AvgIpc) is 2.53. The van der Waals surface area contributed by atoms with E-state index in [0.29, 0.717) is 16.5 Å². The highest BCUT2D eigenvalue weighted by atomic mass is 16.5. The maximum atomic E-state index is 12.0. The molecule has 0 aliphatic heterocycles. The van der Waals surface area contributed by atoms with E-state index in [1.54, 1.807) is 18.2 Å². The van der Waals surface area contributed by atoms with Gasteiger partial charge in [0.2, 0.25) is 0 Å². The van der Waals surface area contributed by atoms with Crippen molar-refractivity contribution in [3.8, 4) is 11.1 Å². The second-order valence-corrected chi connectivity index (χ2v) is 4.55. The van der Waals surface area contributed by atoms with Crippen LogP contribution in [-0.2, 0) is 4.74 Å². The van der Waals surface area contributed by atoms with Crippen molar-refractivity contribution in [1.82, 2.24) is 0 Å². The molecule has 0 atom stereocenters. The summed E-state index contributed by atoms with van der Waals surface area (Å²) in [6, 6.07) is 15.9. The molecule has 0 saturated carbocycles. The van der Waals surface area contributed by atoms with Crippen molar-refractivity contribution < 1.29 is 13.9 Å². The van der Waals surface area contributed by atoms with Crippen molar-refractivity contribution in [1.29, 1.82) is 0 Å².